The van der Waals surface area contributed by atoms with E-state index in [4.69, 9.17) is 18.3 Å². The predicted octanol–water partition coefficient (Wildman–Crippen LogP) is 9.88. The molecule has 245 valence electrons. The van der Waals surface area contributed by atoms with Crippen LogP contribution in [0.3, 0.4) is 0 Å². The van der Waals surface area contributed by atoms with Crippen LogP contribution >= 0.6 is 28.7 Å². The number of halogens is 1. The Kier molecular flexibility index (Phi) is 17.5. The fourth-order valence-corrected chi connectivity index (χ4v) is 5.66. The van der Waals surface area contributed by atoms with E-state index >= 15 is 0 Å². The first-order valence-electron chi connectivity index (χ1n) is 14.7. The van der Waals surface area contributed by atoms with Crippen molar-refractivity contribution >= 4 is 65.0 Å². The first kappa shape index (κ1) is 42.1. The van der Waals surface area contributed by atoms with Gasteiger partial charge in [-0.25, -0.2) is 9.59 Å². The van der Waals surface area contributed by atoms with Crippen LogP contribution in [0.15, 0.2) is 40.7 Å². The molecule has 1 radical (unpaired) electrons. The maximum absolute atomic E-state index is 12.1. The Balaban J connectivity index is 0.000000772. The molecule has 44 heavy (non-hydrogen) atoms. The van der Waals surface area contributed by atoms with Gasteiger partial charge in [-0.2, -0.15) is 0 Å². The van der Waals surface area contributed by atoms with Gasteiger partial charge in [-0.05, 0) is 92.4 Å². The summed E-state index contributed by atoms with van der Waals surface area (Å²) in [4.78, 5) is 24.0. The van der Waals surface area contributed by atoms with Gasteiger partial charge in [0.1, 0.15) is 11.5 Å². The van der Waals surface area contributed by atoms with Crippen LogP contribution in [-0.4, -0.2) is 49.4 Å². The molecule has 7 nitrogen and oxygen atoms in total. The number of rotatable bonds is 9. The van der Waals surface area contributed by atoms with Gasteiger partial charge >= 0.3 is 36.7 Å². The normalized spacial score (nSPS) is 11.6. The zero-order chi connectivity index (χ0) is 34.5. The monoisotopic (exact) mass is 724 g/mol. The number of ether oxygens (including phenoxy) is 2. The van der Waals surface area contributed by atoms with Gasteiger partial charge in [-0.15, -0.1) is 0 Å². The molecule has 0 atom stereocenters. The van der Waals surface area contributed by atoms with Crippen molar-refractivity contribution in [3.05, 3.63) is 58.7 Å². The second-order valence-corrected chi connectivity index (χ2v) is 23.5. The molecule has 0 aliphatic rings. The molecule has 0 saturated carbocycles. The van der Waals surface area contributed by atoms with E-state index in [1.54, 1.807) is 12.1 Å². The van der Waals surface area contributed by atoms with Gasteiger partial charge in [0.2, 0.25) is 16.6 Å². The number of alkyl halides is 1. The number of carbonyl (C=O) groups is 2. The third-order valence-electron chi connectivity index (χ3n) is 7.78. The Labute approximate surface area is 283 Å². The topological polar surface area (TPSA) is 83.4 Å². The van der Waals surface area contributed by atoms with Gasteiger partial charge in [0.05, 0.1) is 24.3 Å². The molecule has 0 saturated heterocycles. The van der Waals surface area contributed by atoms with Crippen LogP contribution in [-0.2, 0) is 14.8 Å². The number of benzene rings is 2. The number of hydrogen-bond donors (Lipinski definition) is 1. The van der Waals surface area contributed by atoms with Gasteiger partial charge in [-0.1, -0.05) is 69.6 Å². The molecule has 2 rings (SSSR count). The molecule has 0 aliphatic carbocycles. The molecule has 0 amide bonds. The zero-order valence-electron chi connectivity index (χ0n) is 28.9. The van der Waals surface area contributed by atoms with Crippen molar-refractivity contribution in [2.45, 2.75) is 104 Å². The molecular formula is C32H52BBrNO6SSi2. The summed E-state index contributed by atoms with van der Waals surface area (Å²) in [6, 6.07) is 11.3. The Morgan fingerprint density at radius 2 is 1.16 bits per heavy atom. The van der Waals surface area contributed by atoms with Crippen LogP contribution in [0.5, 0.6) is 11.5 Å². The summed E-state index contributed by atoms with van der Waals surface area (Å²) >= 11 is 6.60. The molecule has 0 spiro atoms. The number of carbonyl (C=O) groups excluding carboxylic acids is 2. The van der Waals surface area contributed by atoms with E-state index in [0.717, 1.165) is 22.6 Å². The number of hydrogen-bond acceptors (Lipinski definition) is 8. The molecule has 2 aromatic carbocycles. The van der Waals surface area contributed by atoms with Crippen LogP contribution in [0.4, 0.5) is 0 Å². The van der Waals surface area contributed by atoms with Crippen LogP contribution in [0.2, 0.25) is 36.3 Å². The number of aryl methyl sites for hydroxylation is 1. The van der Waals surface area contributed by atoms with E-state index < -0.39 is 16.6 Å². The first-order chi connectivity index (χ1) is 20.1. The second-order valence-electron chi connectivity index (χ2n) is 13.2. The zero-order valence-corrected chi connectivity index (χ0v) is 33.4. The Hall–Kier alpha value is -1.89. The van der Waals surface area contributed by atoms with Crippen LogP contribution in [0.1, 0.15) is 87.2 Å². The van der Waals surface area contributed by atoms with Gasteiger partial charge in [0.25, 0.3) is 0 Å². The summed E-state index contributed by atoms with van der Waals surface area (Å²) in [6.07, 6.45) is 0. The molecule has 2 aromatic rings. The summed E-state index contributed by atoms with van der Waals surface area (Å²) in [5.41, 5.74) is 2.98. The number of nitrogens with zero attached hydrogens (tertiary/aromatic N) is 1. The molecule has 0 aromatic heterocycles. The summed E-state index contributed by atoms with van der Waals surface area (Å²) in [7, 11) is 0.532. The van der Waals surface area contributed by atoms with Crippen LogP contribution in [0.25, 0.3) is 0 Å². The average molecular weight is 726 g/mol. The Morgan fingerprint density at radius 1 is 0.795 bits per heavy atom. The minimum atomic E-state index is -1.91. The average Bonchev–Trinajstić information content (AvgIpc) is 2.89. The Morgan fingerprint density at radius 3 is 1.52 bits per heavy atom. The molecule has 0 N–H and O–H groups in total. The van der Waals surface area contributed by atoms with E-state index in [2.05, 4.69) is 108 Å². The summed E-state index contributed by atoms with van der Waals surface area (Å²) in [5, 5.41) is 0.856. The fourth-order valence-electron chi connectivity index (χ4n) is 3.12. The molecule has 0 fully saturated rings. The van der Waals surface area contributed by atoms with E-state index in [0.29, 0.717) is 29.7 Å². The van der Waals surface area contributed by atoms with Crippen molar-refractivity contribution in [3.63, 3.8) is 0 Å². The summed E-state index contributed by atoms with van der Waals surface area (Å²) < 4.78 is 25.4. The second kappa shape index (κ2) is 18.3. The van der Waals surface area contributed by atoms with Crippen molar-refractivity contribution in [2.24, 2.45) is 4.30 Å². The van der Waals surface area contributed by atoms with E-state index in [-0.39, 0.29) is 22.0 Å². The standard InChI is InChI=1S/C16H25BrO3Si.C16H26O3Si.BHNS/c1-7-19-15(18)14-10-13(9-8-12(14)11-17)20-21(5,6)16(2,3)4;1-8-18-15(17)14-11-13(10-9-12(14)2)19-20(6,7)16(3,4)5;1-2-3/h8-10H,7,11H2,1-6H3;9-11H,8H2,1-7H3;3H. The van der Waals surface area contributed by atoms with Crippen molar-refractivity contribution in [1.29, 1.82) is 0 Å². The quantitative estimate of drug-likeness (QED) is 0.120. The summed E-state index contributed by atoms with van der Waals surface area (Å²) in [5.74, 6) is 0.915. The van der Waals surface area contributed by atoms with Crippen molar-refractivity contribution in [3.8, 4) is 11.5 Å². The van der Waals surface area contributed by atoms with Gasteiger partial charge in [0, 0.05) is 5.33 Å². The van der Waals surface area contributed by atoms with Gasteiger partial charge in [0.15, 0.2) is 0 Å². The third-order valence-corrected chi connectivity index (χ3v) is 17.1. The van der Waals surface area contributed by atoms with Crippen molar-refractivity contribution in [2.75, 3.05) is 13.2 Å². The third kappa shape index (κ3) is 13.2. The van der Waals surface area contributed by atoms with E-state index in [1.807, 2.05) is 45.0 Å². The molecule has 0 unspecified atom stereocenters. The SMILES string of the molecule is CCOC(=O)c1cc(O[Si](C)(C)C(C)(C)C)ccc1C.CCOC(=O)c1cc(O[Si](C)(C)C(C)(C)C)ccc1CBr.[B]=NS. The molecule has 12 heteroatoms. The van der Waals surface area contributed by atoms with Gasteiger partial charge < -0.3 is 18.3 Å². The summed E-state index contributed by atoms with van der Waals surface area (Å²) in [6.45, 7) is 28.2. The fraction of sp³-hybridized carbons (Fsp3) is 0.562. The molecule has 0 aliphatic heterocycles. The van der Waals surface area contributed by atoms with Crippen LogP contribution in [0, 0.1) is 6.92 Å². The molecule has 0 bridgehead atoms. The number of thiol groups is 1. The van der Waals surface area contributed by atoms with Gasteiger partial charge in [-0.3, -0.25) is 0 Å². The Bertz CT molecular complexity index is 1250. The molecular weight excluding hydrogens is 673 g/mol. The van der Waals surface area contributed by atoms with Crippen molar-refractivity contribution < 1.29 is 27.9 Å². The minimum absolute atomic E-state index is 0.116. The van der Waals surface area contributed by atoms with Crippen molar-refractivity contribution in [1.82, 2.24) is 0 Å². The van der Waals surface area contributed by atoms with Crippen LogP contribution < -0.4 is 8.85 Å². The van der Waals surface area contributed by atoms with E-state index in [9.17, 15) is 9.59 Å². The first-order valence-corrected chi connectivity index (χ1v) is 22.0. The predicted molar refractivity (Wildman–Crippen MR) is 195 cm³/mol. The number of esters is 2. The molecule has 0 heterocycles. The van der Waals surface area contributed by atoms with E-state index in [1.165, 1.54) is 0 Å². The maximum atomic E-state index is 12.1.